The maximum Gasteiger partial charge on any atom is 0.408 e. The summed E-state index contributed by atoms with van der Waals surface area (Å²) in [7, 11) is 1.51. The van der Waals surface area contributed by atoms with Crippen molar-refractivity contribution >= 4 is 62.8 Å². The Bertz CT molecular complexity index is 2060. The van der Waals surface area contributed by atoms with Gasteiger partial charge in [0.2, 0.25) is 11.8 Å². The van der Waals surface area contributed by atoms with Crippen LogP contribution < -0.4 is 25.4 Å². The third kappa shape index (κ3) is 7.84. The van der Waals surface area contributed by atoms with Gasteiger partial charge < -0.3 is 40.2 Å². The van der Waals surface area contributed by atoms with Gasteiger partial charge in [-0.3, -0.25) is 9.59 Å². The van der Waals surface area contributed by atoms with Crippen LogP contribution >= 0.6 is 22.9 Å². The molecule has 3 aliphatic carbocycles. The number of carbonyl (C=O) groups is 4. The lowest BCUT2D eigenvalue weighted by Gasteiger charge is -2.35. The van der Waals surface area contributed by atoms with E-state index in [9.17, 15) is 24.3 Å². The first-order chi connectivity index (χ1) is 26.5. The smallest absolute Gasteiger partial charge is 0.408 e. The lowest BCUT2D eigenvalue weighted by atomic mass is 9.85. The fourth-order valence-electron chi connectivity index (χ4n) is 8.05. The van der Waals surface area contributed by atoms with Crippen molar-refractivity contribution in [1.29, 1.82) is 0 Å². The summed E-state index contributed by atoms with van der Waals surface area (Å²) in [6.07, 6.45) is 2.89. The average Bonchev–Trinajstić information content (AvgIpc) is 3.80. The van der Waals surface area contributed by atoms with Crippen molar-refractivity contribution in [3.63, 3.8) is 0 Å². The normalized spacial score (nSPS) is 27.0. The number of hydrogen-bond acceptors (Lipinski definition) is 11. The van der Waals surface area contributed by atoms with Gasteiger partial charge in [-0.1, -0.05) is 38.4 Å². The predicted octanol–water partition coefficient (Wildman–Crippen LogP) is 6.27. The van der Waals surface area contributed by atoms with Gasteiger partial charge in [0.1, 0.15) is 52.0 Å². The number of carboxylic acid groups (broad SMARTS) is 1. The Labute approximate surface area is 334 Å². The Morgan fingerprint density at radius 1 is 1.07 bits per heavy atom. The van der Waals surface area contributed by atoms with Crippen molar-refractivity contribution in [2.75, 3.05) is 19.0 Å². The summed E-state index contributed by atoms with van der Waals surface area (Å²) in [5, 5.41) is 22.4. The topological polar surface area (TPSA) is 181 Å². The van der Waals surface area contributed by atoms with Crippen LogP contribution in [0.2, 0.25) is 5.02 Å². The number of aromatic nitrogens is 2. The molecule has 3 saturated carbocycles. The van der Waals surface area contributed by atoms with Crippen LogP contribution in [0.4, 0.5) is 9.93 Å². The molecule has 1 aliphatic heterocycles. The number of halogens is 1. The number of nitrogens with one attached hydrogen (secondary N) is 3. The van der Waals surface area contributed by atoms with E-state index in [4.69, 9.17) is 35.8 Å². The third-order valence-electron chi connectivity index (χ3n) is 11.3. The summed E-state index contributed by atoms with van der Waals surface area (Å²) in [6, 6.07) is 3.20. The number of aliphatic carboxylic acids is 1. The molecule has 3 heterocycles. The fourth-order valence-corrected chi connectivity index (χ4v) is 9.18. The second kappa shape index (κ2) is 15.0. The Balaban J connectivity index is 1.20. The predicted molar refractivity (Wildman–Crippen MR) is 212 cm³/mol. The second-order valence-electron chi connectivity index (χ2n) is 16.8. The fraction of sp³-hybridized carbons (Fsp3) is 0.550. The van der Waals surface area contributed by atoms with Crippen LogP contribution in [-0.2, 0) is 19.1 Å². The number of anilines is 1. The molecule has 14 nitrogen and oxygen atoms in total. The van der Waals surface area contributed by atoms with Crippen LogP contribution in [0, 0.1) is 23.2 Å². The SMILES string of the molecule is C=CC1C[C@]1(NC(=O)[C@@H]1CC(Oc2cc(-c3csc(NC(C)C)n3)nc3c(Cl)c(OC)ccc23)CN1C(=O)[C@@H](NC(=O)OC1C[C@@H]2C[C@@H]2C1)C(C)(C)C)C(=O)O. The molecule has 56 heavy (non-hydrogen) atoms. The van der Waals surface area contributed by atoms with Crippen molar-refractivity contribution in [2.24, 2.45) is 23.2 Å². The van der Waals surface area contributed by atoms with Gasteiger partial charge in [0.15, 0.2) is 5.13 Å². The number of hydrogen-bond donors (Lipinski definition) is 4. The van der Waals surface area contributed by atoms with Crippen molar-refractivity contribution in [2.45, 2.75) is 103 Å². The first-order valence-electron chi connectivity index (χ1n) is 19.0. The molecule has 4 aliphatic rings. The van der Waals surface area contributed by atoms with Crippen molar-refractivity contribution < 1.29 is 38.5 Å². The zero-order chi connectivity index (χ0) is 40.3. The molecule has 4 N–H and O–H groups in total. The van der Waals surface area contributed by atoms with Crippen LogP contribution in [0.15, 0.2) is 36.2 Å². The summed E-state index contributed by atoms with van der Waals surface area (Å²) in [5.41, 5.74) is -0.830. The number of fused-ring (bicyclic) bond motifs is 2. The number of nitrogens with zero attached hydrogens (tertiary/aromatic N) is 3. The molecule has 7 rings (SSSR count). The maximum atomic E-state index is 14.7. The van der Waals surface area contributed by atoms with Gasteiger partial charge in [-0.25, -0.2) is 19.6 Å². The molecule has 300 valence electrons. The molecule has 3 unspecified atom stereocenters. The minimum atomic E-state index is -1.53. The van der Waals surface area contributed by atoms with E-state index in [0.717, 1.165) is 12.8 Å². The average molecular weight is 809 g/mol. The Morgan fingerprint density at radius 2 is 1.80 bits per heavy atom. The minimum absolute atomic E-state index is 0.0282. The third-order valence-corrected chi connectivity index (χ3v) is 12.4. The van der Waals surface area contributed by atoms with Crippen molar-refractivity contribution in [3.05, 3.63) is 41.3 Å². The highest BCUT2D eigenvalue weighted by molar-refractivity contribution is 7.14. The number of carboxylic acids is 1. The first kappa shape index (κ1) is 39.6. The molecule has 8 atom stereocenters. The summed E-state index contributed by atoms with van der Waals surface area (Å²) in [4.78, 5) is 65.4. The number of methoxy groups -OCH3 is 1. The molecule has 16 heteroatoms. The quantitative estimate of drug-likeness (QED) is 0.143. The number of rotatable bonds is 13. The highest BCUT2D eigenvalue weighted by Crippen LogP contribution is 2.52. The lowest BCUT2D eigenvalue weighted by Crippen LogP contribution is -2.59. The summed E-state index contributed by atoms with van der Waals surface area (Å²) >= 11 is 8.24. The van der Waals surface area contributed by atoms with Gasteiger partial charge in [-0.05, 0) is 68.9 Å². The summed E-state index contributed by atoms with van der Waals surface area (Å²) in [5.74, 6) is -0.804. The standard InChI is InChI=1S/C40H49ClN6O8S/c1-8-22-16-40(22,36(50)51)46-34(48)28-14-24(17-47(28)35(49)33(39(4,5)6)45-38(52)55-23-12-20-11-21(20)13-23)54-30-15-26(27-18-56-37(44-27)42-19(2)3)43-32-25(30)9-10-29(53-7)31(32)41/h8-10,15,18-24,28,33H,1,11-14,16-17H2,2-7H3,(H,42,44)(H,45,52)(H,46,48)(H,50,51)/t20-,21+,22?,23?,24?,28-,33+,40+/m0/s1. The van der Waals surface area contributed by atoms with E-state index >= 15 is 0 Å². The van der Waals surface area contributed by atoms with Gasteiger partial charge in [-0.15, -0.1) is 17.9 Å². The van der Waals surface area contributed by atoms with Gasteiger partial charge in [0, 0.05) is 35.2 Å². The number of amides is 3. The Morgan fingerprint density at radius 3 is 2.43 bits per heavy atom. The number of benzene rings is 1. The molecular formula is C40H49ClN6O8S. The number of pyridine rings is 1. The van der Waals surface area contributed by atoms with E-state index in [1.165, 1.54) is 35.8 Å². The molecule has 0 spiro atoms. The lowest BCUT2D eigenvalue weighted by molar-refractivity contribution is -0.146. The number of ether oxygens (including phenoxy) is 3. The summed E-state index contributed by atoms with van der Waals surface area (Å²) < 4.78 is 17.9. The van der Waals surface area contributed by atoms with Gasteiger partial charge in [0.25, 0.3) is 0 Å². The second-order valence-corrected chi connectivity index (χ2v) is 18.0. The zero-order valence-corrected chi connectivity index (χ0v) is 34.0. The van der Waals surface area contributed by atoms with E-state index in [2.05, 4.69) is 22.5 Å². The highest BCUT2D eigenvalue weighted by atomic mass is 35.5. The monoisotopic (exact) mass is 808 g/mol. The molecule has 3 amide bonds. The van der Waals surface area contributed by atoms with Crippen molar-refractivity contribution in [1.82, 2.24) is 25.5 Å². The molecular weight excluding hydrogens is 760 g/mol. The largest absolute Gasteiger partial charge is 0.495 e. The van der Waals surface area contributed by atoms with Gasteiger partial charge in [-0.2, -0.15) is 0 Å². The number of carbonyl (C=O) groups excluding carboxylic acids is 3. The van der Waals surface area contributed by atoms with Crippen LogP contribution in [0.3, 0.4) is 0 Å². The van der Waals surface area contributed by atoms with Gasteiger partial charge >= 0.3 is 12.1 Å². The molecule has 1 saturated heterocycles. The zero-order valence-electron chi connectivity index (χ0n) is 32.4. The number of thiazole rings is 1. The van der Waals surface area contributed by atoms with E-state index in [0.29, 0.717) is 50.8 Å². The molecule has 3 aromatic rings. The van der Waals surface area contributed by atoms with Crippen LogP contribution in [0.1, 0.15) is 66.7 Å². The Hall–Kier alpha value is -4.63. The van der Waals surface area contributed by atoms with E-state index in [-0.39, 0.29) is 36.6 Å². The van der Waals surface area contributed by atoms with Crippen LogP contribution in [0.5, 0.6) is 11.5 Å². The molecule has 0 bridgehead atoms. The number of alkyl carbamates (subject to hydrolysis) is 1. The van der Waals surface area contributed by atoms with Crippen LogP contribution in [0.25, 0.3) is 22.3 Å². The maximum absolute atomic E-state index is 14.7. The number of likely N-dealkylation sites (tertiary alicyclic amines) is 1. The minimum Gasteiger partial charge on any atom is -0.495 e. The van der Waals surface area contributed by atoms with E-state index in [1.807, 2.05) is 40.0 Å². The van der Waals surface area contributed by atoms with E-state index in [1.54, 1.807) is 18.2 Å². The first-order valence-corrected chi connectivity index (χ1v) is 20.3. The van der Waals surface area contributed by atoms with Crippen molar-refractivity contribution in [3.8, 4) is 22.9 Å². The van der Waals surface area contributed by atoms with E-state index < -0.39 is 58.9 Å². The Kier molecular flexibility index (Phi) is 10.6. The molecule has 2 aromatic heterocycles. The molecule has 4 fully saturated rings. The summed E-state index contributed by atoms with van der Waals surface area (Å²) in [6.45, 7) is 13.2. The molecule has 0 radical (unpaired) electrons. The molecule has 1 aromatic carbocycles. The van der Waals surface area contributed by atoms with Gasteiger partial charge in [0.05, 0.1) is 24.9 Å². The van der Waals surface area contributed by atoms with Crippen LogP contribution in [-0.4, -0.2) is 93.4 Å². The highest BCUT2D eigenvalue weighted by Gasteiger charge is 2.61.